The molecular formula is C22H30Cl2F5N3O3S. The number of nitrogens with zero attached hydrogens (tertiary/aromatic N) is 2. The summed E-state index contributed by atoms with van der Waals surface area (Å²) < 4.78 is 92.8. The van der Waals surface area contributed by atoms with Crippen molar-refractivity contribution >= 4 is 39.9 Å². The summed E-state index contributed by atoms with van der Waals surface area (Å²) in [5.74, 6) is -3.49. The second-order valence-corrected chi connectivity index (χ2v) is 11.7. The lowest BCUT2D eigenvalue weighted by molar-refractivity contribution is -0.137. The van der Waals surface area contributed by atoms with Gasteiger partial charge in [-0.2, -0.15) is 17.5 Å². The lowest BCUT2D eigenvalue weighted by Crippen LogP contribution is -2.63. The van der Waals surface area contributed by atoms with E-state index in [0.29, 0.717) is 25.6 Å². The highest BCUT2D eigenvalue weighted by atomic mass is 35.5. The van der Waals surface area contributed by atoms with E-state index in [1.54, 1.807) is 6.92 Å². The Balaban J connectivity index is 0.00000456. The number of amides is 1. The Bertz CT molecular complexity index is 1020. The fourth-order valence-corrected chi connectivity index (χ4v) is 6.49. The summed E-state index contributed by atoms with van der Waals surface area (Å²) in [4.78, 5) is 14.7. The van der Waals surface area contributed by atoms with E-state index in [9.17, 15) is 35.2 Å². The van der Waals surface area contributed by atoms with Crippen molar-refractivity contribution < 1.29 is 35.2 Å². The fourth-order valence-electron chi connectivity index (χ4n) is 4.73. The topological polar surface area (TPSA) is 69.7 Å². The van der Waals surface area contributed by atoms with Crippen LogP contribution in [0.1, 0.15) is 54.9 Å². The molecule has 0 unspecified atom stereocenters. The molecule has 3 rings (SSSR count). The number of carbonyl (C=O) groups is 1. The molecule has 0 spiro atoms. The van der Waals surface area contributed by atoms with Crippen LogP contribution >= 0.6 is 24.0 Å². The second-order valence-electron chi connectivity index (χ2n) is 9.16. The van der Waals surface area contributed by atoms with Crippen LogP contribution in [0.5, 0.6) is 0 Å². The van der Waals surface area contributed by atoms with Crippen LogP contribution in [0.2, 0.25) is 5.02 Å². The number of piperazine rings is 1. The quantitative estimate of drug-likeness (QED) is 0.469. The first-order valence-corrected chi connectivity index (χ1v) is 13.4. The van der Waals surface area contributed by atoms with E-state index in [-0.39, 0.29) is 74.1 Å². The normalized spacial score (nSPS) is 21.0. The molecule has 6 nitrogen and oxygen atoms in total. The molecule has 0 aromatic heterocycles. The molecule has 1 saturated heterocycles. The molecule has 2 aliphatic rings. The molecule has 1 saturated carbocycles. The Hall–Kier alpha value is -1.21. The lowest BCUT2D eigenvalue weighted by atomic mass is 9.78. The number of sulfonamides is 1. The van der Waals surface area contributed by atoms with Crippen molar-refractivity contribution in [1.29, 1.82) is 0 Å². The average molecular weight is 582 g/mol. The minimum atomic E-state index is -4.61. The Labute approximate surface area is 219 Å². The van der Waals surface area contributed by atoms with Crippen LogP contribution in [0.25, 0.3) is 0 Å². The SMILES string of the molecule is CCCS(=O)(=O)N1CCN(C2(CNC(=O)c3ccc(C(F)(F)F)cc3Cl)CCC(F)(F)CC2)CC1.Cl. The molecule has 1 aromatic rings. The number of alkyl halides is 5. The van der Waals surface area contributed by atoms with Crippen molar-refractivity contribution in [2.75, 3.05) is 38.5 Å². The largest absolute Gasteiger partial charge is 0.416 e. The van der Waals surface area contributed by atoms with Gasteiger partial charge < -0.3 is 5.32 Å². The summed E-state index contributed by atoms with van der Waals surface area (Å²) >= 11 is 5.92. The molecule has 0 radical (unpaired) electrons. The van der Waals surface area contributed by atoms with Crippen LogP contribution in [-0.2, 0) is 16.2 Å². The number of hydrogen-bond donors (Lipinski definition) is 1. The Morgan fingerprint density at radius 3 is 2.17 bits per heavy atom. The van der Waals surface area contributed by atoms with Crippen molar-refractivity contribution in [3.05, 3.63) is 34.3 Å². The summed E-state index contributed by atoms with van der Waals surface area (Å²) in [6, 6.07) is 2.41. The van der Waals surface area contributed by atoms with Crippen molar-refractivity contribution in [1.82, 2.24) is 14.5 Å². The number of nitrogens with one attached hydrogen (secondary N) is 1. The van der Waals surface area contributed by atoms with Gasteiger partial charge in [0.1, 0.15) is 0 Å². The molecule has 2 fully saturated rings. The molecule has 206 valence electrons. The minimum Gasteiger partial charge on any atom is -0.350 e. The molecule has 1 aliphatic carbocycles. The fraction of sp³-hybridized carbons (Fsp3) is 0.682. The van der Waals surface area contributed by atoms with Gasteiger partial charge in [-0.15, -0.1) is 12.4 Å². The van der Waals surface area contributed by atoms with Crippen molar-refractivity contribution in [2.24, 2.45) is 0 Å². The number of rotatable bonds is 7. The van der Waals surface area contributed by atoms with Crippen LogP contribution < -0.4 is 5.32 Å². The van der Waals surface area contributed by atoms with E-state index in [1.807, 2.05) is 4.90 Å². The zero-order valence-corrected chi connectivity index (χ0v) is 22.1. The lowest BCUT2D eigenvalue weighted by Gasteiger charge is -2.50. The minimum absolute atomic E-state index is 0. The van der Waals surface area contributed by atoms with Gasteiger partial charge in [-0.05, 0) is 37.5 Å². The van der Waals surface area contributed by atoms with Crippen LogP contribution in [0.15, 0.2) is 18.2 Å². The molecule has 14 heteroatoms. The van der Waals surface area contributed by atoms with Gasteiger partial charge in [-0.3, -0.25) is 9.69 Å². The first kappa shape index (κ1) is 31.0. The number of hydrogen-bond acceptors (Lipinski definition) is 4. The van der Waals surface area contributed by atoms with Crippen LogP contribution in [0.4, 0.5) is 22.0 Å². The average Bonchev–Trinajstić information content (AvgIpc) is 2.78. The van der Waals surface area contributed by atoms with E-state index >= 15 is 0 Å². The van der Waals surface area contributed by atoms with Gasteiger partial charge in [0.05, 0.1) is 21.9 Å². The Morgan fingerprint density at radius 2 is 1.67 bits per heavy atom. The van der Waals surface area contributed by atoms with Crippen LogP contribution in [0.3, 0.4) is 0 Å². The maximum absolute atomic E-state index is 14.0. The van der Waals surface area contributed by atoms with E-state index in [4.69, 9.17) is 11.6 Å². The smallest absolute Gasteiger partial charge is 0.350 e. The third-order valence-corrected chi connectivity index (χ3v) is 9.18. The standard InChI is InChI=1S/C22H29ClF5N3O3S.ClH/c1-2-13-35(33,34)31-11-9-30(10-12-31)20(5-7-21(24,25)8-6-20)15-29-19(32)17-4-3-16(14-18(17)23)22(26,27)28;/h3-4,14H,2,5-13,15H2,1H3,(H,29,32);1H. The van der Waals surface area contributed by atoms with Gasteiger partial charge in [-0.25, -0.2) is 17.2 Å². The zero-order chi connectivity index (χ0) is 26.1. The van der Waals surface area contributed by atoms with Gasteiger partial charge >= 0.3 is 6.18 Å². The highest BCUT2D eigenvalue weighted by Crippen LogP contribution is 2.42. The van der Waals surface area contributed by atoms with Gasteiger partial charge in [0.2, 0.25) is 15.9 Å². The molecule has 1 amide bonds. The van der Waals surface area contributed by atoms with E-state index in [0.717, 1.165) is 12.1 Å². The zero-order valence-electron chi connectivity index (χ0n) is 19.7. The number of carbonyl (C=O) groups excluding carboxylic acids is 1. The first-order valence-electron chi connectivity index (χ1n) is 11.4. The van der Waals surface area contributed by atoms with Crippen LogP contribution in [-0.4, -0.2) is 73.5 Å². The van der Waals surface area contributed by atoms with E-state index in [1.165, 1.54) is 4.31 Å². The molecule has 0 atom stereocenters. The van der Waals surface area contributed by atoms with Gasteiger partial charge in [0.15, 0.2) is 0 Å². The highest BCUT2D eigenvalue weighted by Gasteiger charge is 2.47. The summed E-state index contributed by atoms with van der Waals surface area (Å²) in [6.07, 6.45) is -4.70. The van der Waals surface area contributed by atoms with Crippen LogP contribution in [0, 0.1) is 0 Å². The van der Waals surface area contributed by atoms with Crippen molar-refractivity contribution in [3.63, 3.8) is 0 Å². The predicted octanol–water partition coefficient (Wildman–Crippen LogP) is 4.82. The summed E-state index contributed by atoms with van der Waals surface area (Å²) in [5.41, 5.74) is -1.96. The molecule has 1 heterocycles. The molecule has 1 N–H and O–H groups in total. The second kappa shape index (κ2) is 11.7. The maximum atomic E-state index is 14.0. The molecule has 1 aliphatic heterocycles. The Kier molecular flexibility index (Phi) is 10.1. The highest BCUT2D eigenvalue weighted by molar-refractivity contribution is 7.89. The third-order valence-electron chi connectivity index (χ3n) is 6.80. The van der Waals surface area contributed by atoms with Gasteiger partial charge in [0.25, 0.3) is 5.91 Å². The molecule has 0 bridgehead atoms. The summed E-state index contributed by atoms with van der Waals surface area (Å²) in [5, 5.41) is 2.31. The number of halogens is 7. The van der Waals surface area contributed by atoms with Crippen molar-refractivity contribution in [2.45, 2.75) is 56.7 Å². The predicted molar refractivity (Wildman–Crippen MR) is 129 cm³/mol. The molecular weight excluding hydrogens is 552 g/mol. The van der Waals surface area contributed by atoms with E-state index < -0.39 is 39.1 Å². The first-order chi connectivity index (χ1) is 16.2. The third kappa shape index (κ3) is 7.21. The maximum Gasteiger partial charge on any atom is 0.416 e. The number of benzene rings is 1. The van der Waals surface area contributed by atoms with Gasteiger partial charge in [0, 0.05) is 51.1 Å². The molecule has 1 aromatic carbocycles. The summed E-state index contributed by atoms with van der Waals surface area (Å²) in [6.45, 7) is 2.85. The van der Waals surface area contributed by atoms with E-state index in [2.05, 4.69) is 5.32 Å². The Morgan fingerprint density at radius 1 is 1.08 bits per heavy atom. The van der Waals surface area contributed by atoms with Crippen molar-refractivity contribution in [3.8, 4) is 0 Å². The monoisotopic (exact) mass is 581 g/mol. The summed E-state index contributed by atoms with van der Waals surface area (Å²) in [7, 11) is -3.38. The van der Waals surface area contributed by atoms with Gasteiger partial charge in [-0.1, -0.05) is 18.5 Å². The molecule has 36 heavy (non-hydrogen) atoms.